The molecule has 5 nitrogen and oxygen atoms in total. The van der Waals surface area contributed by atoms with Crippen molar-refractivity contribution in [1.82, 2.24) is 4.98 Å². The molecule has 1 aromatic carbocycles. The molecule has 1 amide bonds. The third kappa shape index (κ3) is 4.15. The monoisotopic (exact) mass is 317 g/mol. The molecule has 0 spiro atoms. The number of alkyl halides is 3. The third-order valence-corrected chi connectivity index (χ3v) is 3.24. The van der Waals surface area contributed by atoms with Gasteiger partial charge in [-0.25, -0.2) is 4.98 Å². The number of hydrogen-bond donors (Lipinski definition) is 2. The molecule has 0 bridgehead atoms. The van der Waals surface area contributed by atoms with Gasteiger partial charge in [-0.15, -0.1) is 0 Å². The lowest BCUT2D eigenvalue weighted by Crippen LogP contribution is -2.16. The second kappa shape index (κ2) is 6.08. The van der Waals surface area contributed by atoms with Crippen molar-refractivity contribution in [2.75, 3.05) is 16.8 Å². The topological polar surface area (TPSA) is 81.1 Å². The van der Waals surface area contributed by atoms with Gasteiger partial charge in [-0.3, -0.25) is 4.79 Å². The highest BCUT2D eigenvalue weighted by atomic mass is 32.2. The molecule has 9 heteroatoms. The Hall–Kier alpha value is -2.16. The van der Waals surface area contributed by atoms with Crippen molar-refractivity contribution in [1.29, 1.82) is 0 Å². The Morgan fingerprint density at radius 1 is 1.43 bits per heavy atom. The highest BCUT2D eigenvalue weighted by Gasteiger charge is 2.30. The van der Waals surface area contributed by atoms with Gasteiger partial charge in [-0.05, 0) is 18.2 Å². The molecule has 2 rings (SSSR count). The fraction of sp³-hybridized carbons (Fsp3) is 0.167. The summed E-state index contributed by atoms with van der Waals surface area (Å²) in [5, 5.41) is 2.75. The quantitative estimate of drug-likeness (QED) is 0.669. The first-order valence-electron chi connectivity index (χ1n) is 5.65. The maximum absolute atomic E-state index is 12.5. The van der Waals surface area contributed by atoms with Crippen LogP contribution in [0.3, 0.4) is 0 Å². The van der Waals surface area contributed by atoms with Gasteiger partial charge in [0.25, 0.3) is 5.22 Å². The van der Waals surface area contributed by atoms with Crippen LogP contribution in [0.15, 0.2) is 40.3 Å². The Balaban J connectivity index is 1.97. The Bertz CT molecular complexity index is 629. The lowest BCUT2D eigenvalue weighted by Gasteiger charge is -2.11. The molecule has 0 saturated carbocycles. The van der Waals surface area contributed by atoms with Gasteiger partial charge in [-0.2, -0.15) is 13.2 Å². The second-order valence-corrected chi connectivity index (χ2v) is 4.86. The normalized spacial score (nSPS) is 11.4. The molecule has 0 aliphatic heterocycles. The van der Waals surface area contributed by atoms with Crippen LogP contribution >= 0.6 is 11.8 Å². The Labute approximate surface area is 121 Å². The first-order valence-corrected chi connectivity index (χ1v) is 6.63. The summed E-state index contributed by atoms with van der Waals surface area (Å²) in [6.07, 6.45) is -1.67. The Morgan fingerprint density at radius 3 is 2.76 bits per heavy atom. The standard InChI is InChI=1S/C12H10F3N3O2S/c13-12(14,15)7-1-2-9(8(16)5-7)18-10(19)6-21-11-17-3-4-20-11/h1-5H,6,16H2,(H,18,19). The van der Waals surface area contributed by atoms with Crippen molar-refractivity contribution < 1.29 is 22.4 Å². The number of oxazole rings is 1. The summed E-state index contributed by atoms with van der Waals surface area (Å²) in [5.74, 6) is -0.425. The summed E-state index contributed by atoms with van der Waals surface area (Å²) in [5.41, 5.74) is 4.61. The summed E-state index contributed by atoms with van der Waals surface area (Å²) in [6, 6.07) is 2.75. The number of amides is 1. The van der Waals surface area contributed by atoms with Gasteiger partial charge in [-0.1, -0.05) is 11.8 Å². The van der Waals surface area contributed by atoms with E-state index < -0.39 is 17.6 Å². The van der Waals surface area contributed by atoms with E-state index in [0.29, 0.717) is 5.22 Å². The van der Waals surface area contributed by atoms with E-state index in [1.807, 2.05) is 0 Å². The molecule has 2 aromatic rings. The van der Waals surface area contributed by atoms with Gasteiger partial charge in [0.05, 0.1) is 28.9 Å². The molecule has 112 valence electrons. The van der Waals surface area contributed by atoms with Crippen molar-refractivity contribution >= 4 is 29.0 Å². The number of nitrogens with two attached hydrogens (primary N) is 1. The predicted molar refractivity (Wildman–Crippen MR) is 71.7 cm³/mol. The van der Waals surface area contributed by atoms with E-state index >= 15 is 0 Å². The van der Waals surface area contributed by atoms with Crippen molar-refractivity contribution in [2.45, 2.75) is 11.4 Å². The van der Waals surface area contributed by atoms with E-state index in [4.69, 9.17) is 10.2 Å². The Morgan fingerprint density at radius 2 is 2.19 bits per heavy atom. The highest BCUT2D eigenvalue weighted by Crippen LogP contribution is 2.32. The van der Waals surface area contributed by atoms with E-state index in [-0.39, 0.29) is 17.1 Å². The lowest BCUT2D eigenvalue weighted by atomic mass is 10.1. The zero-order valence-electron chi connectivity index (χ0n) is 10.5. The predicted octanol–water partition coefficient (Wildman–Crippen LogP) is 3.01. The van der Waals surface area contributed by atoms with E-state index in [2.05, 4.69) is 10.3 Å². The molecule has 0 radical (unpaired) electrons. The molecule has 1 heterocycles. The molecule has 3 N–H and O–H groups in total. The molecular weight excluding hydrogens is 307 g/mol. The van der Waals surface area contributed by atoms with Gasteiger partial charge in [0.15, 0.2) is 0 Å². The van der Waals surface area contributed by atoms with Crippen molar-refractivity contribution in [2.24, 2.45) is 0 Å². The van der Waals surface area contributed by atoms with Crippen LogP contribution in [0.1, 0.15) is 5.56 Å². The average molecular weight is 317 g/mol. The average Bonchev–Trinajstić information content (AvgIpc) is 2.91. The molecule has 0 fully saturated rings. The molecular formula is C12H10F3N3O2S. The van der Waals surface area contributed by atoms with E-state index in [1.165, 1.54) is 12.5 Å². The van der Waals surface area contributed by atoms with Crippen molar-refractivity contribution in [3.63, 3.8) is 0 Å². The zero-order chi connectivity index (χ0) is 15.5. The van der Waals surface area contributed by atoms with Crippen LogP contribution in [0.2, 0.25) is 0 Å². The van der Waals surface area contributed by atoms with Gasteiger partial charge < -0.3 is 15.5 Å². The summed E-state index contributed by atoms with van der Waals surface area (Å²) >= 11 is 1.06. The number of thioether (sulfide) groups is 1. The third-order valence-electron chi connectivity index (χ3n) is 2.39. The molecule has 0 aliphatic rings. The number of rotatable bonds is 4. The zero-order valence-corrected chi connectivity index (χ0v) is 11.3. The van der Waals surface area contributed by atoms with Crippen molar-refractivity contribution in [3.8, 4) is 0 Å². The minimum Gasteiger partial charge on any atom is -0.440 e. The number of nitrogen functional groups attached to an aromatic ring is 1. The SMILES string of the molecule is Nc1cc(C(F)(F)F)ccc1NC(=O)CSc1ncco1. The van der Waals surface area contributed by atoms with Crippen LogP contribution in [-0.2, 0) is 11.0 Å². The number of carbonyl (C=O) groups is 1. The lowest BCUT2D eigenvalue weighted by molar-refractivity contribution is -0.137. The summed E-state index contributed by atoms with van der Waals surface area (Å²) in [7, 11) is 0. The van der Waals surface area contributed by atoms with Crippen LogP contribution in [0.4, 0.5) is 24.5 Å². The number of nitrogens with zero attached hydrogens (tertiary/aromatic N) is 1. The molecule has 0 unspecified atom stereocenters. The Kier molecular flexibility index (Phi) is 4.41. The number of benzene rings is 1. The fourth-order valence-corrected chi connectivity index (χ4v) is 2.03. The maximum atomic E-state index is 12.5. The smallest absolute Gasteiger partial charge is 0.416 e. The van der Waals surface area contributed by atoms with E-state index in [9.17, 15) is 18.0 Å². The molecule has 21 heavy (non-hydrogen) atoms. The highest BCUT2D eigenvalue weighted by molar-refractivity contribution is 7.99. The number of aromatic nitrogens is 1. The van der Waals surface area contributed by atoms with Crippen molar-refractivity contribution in [3.05, 3.63) is 36.2 Å². The van der Waals surface area contributed by atoms with Gasteiger partial charge in [0.2, 0.25) is 5.91 Å². The minimum atomic E-state index is -4.47. The number of halogens is 3. The summed E-state index contributed by atoms with van der Waals surface area (Å²) in [4.78, 5) is 15.5. The first-order chi connectivity index (χ1) is 9.86. The molecule has 1 aromatic heterocycles. The van der Waals surface area contributed by atoms with Crippen LogP contribution in [0.25, 0.3) is 0 Å². The van der Waals surface area contributed by atoms with Gasteiger partial charge >= 0.3 is 6.18 Å². The van der Waals surface area contributed by atoms with E-state index in [0.717, 1.165) is 30.0 Å². The summed E-state index contributed by atoms with van der Waals surface area (Å²) in [6.45, 7) is 0. The minimum absolute atomic E-state index is 0.000968. The van der Waals surface area contributed by atoms with Gasteiger partial charge in [0, 0.05) is 0 Å². The number of nitrogens with one attached hydrogen (secondary N) is 1. The number of carbonyl (C=O) groups excluding carboxylic acids is 1. The van der Waals surface area contributed by atoms with Crippen LogP contribution in [0.5, 0.6) is 0 Å². The van der Waals surface area contributed by atoms with Gasteiger partial charge in [0.1, 0.15) is 6.26 Å². The van der Waals surface area contributed by atoms with Crippen LogP contribution in [0, 0.1) is 0 Å². The fourth-order valence-electron chi connectivity index (χ4n) is 1.45. The molecule has 0 aliphatic carbocycles. The first kappa shape index (κ1) is 15.2. The summed E-state index contributed by atoms with van der Waals surface area (Å²) < 4.78 is 42.4. The second-order valence-electron chi connectivity index (χ2n) is 3.93. The van der Waals surface area contributed by atoms with Crippen LogP contribution < -0.4 is 11.1 Å². The van der Waals surface area contributed by atoms with Crippen LogP contribution in [-0.4, -0.2) is 16.6 Å². The molecule has 0 saturated heterocycles. The maximum Gasteiger partial charge on any atom is 0.416 e. The number of hydrogen-bond acceptors (Lipinski definition) is 5. The number of anilines is 2. The van der Waals surface area contributed by atoms with E-state index in [1.54, 1.807) is 0 Å². The molecule has 0 atom stereocenters. The largest absolute Gasteiger partial charge is 0.440 e.